The zero-order valence-electron chi connectivity index (χ0n) is 7.72. The van der Waals surface area contributed by atoms with E-state index in [4.69, 9.17) is 0 Å². The molecule has 1 aromatic rings. The van der Waals surface area contributed by atoms with Crippen LogP contribution in [0, 0.1) is 13.8 Å². The number of benzene rings is 1. The van der Waals surface area contributed by atoms with Gasteiger partial charge in [-0.05, 0) is 48.9 Å². The molecule has 0 fully saturated rings. The number of aryl methyl sites for hydroxylation is 1. The highest BCUT2D eigenvalue weighted by Gasteiger charge is 2.07. The molecule has 0 radical (unpaired) electrons. The van der Waals surface area contributed by atoms with E-state index < -0.39 is 0 Å². The minimum Gasteiger partial charge on any atom is -0.0838 e. The van der Waals surface area contributed by atoms with Crippen LogP contribution in [-0.4, -0.2) is 0 Å². The Hall–Kier alpha value is -1.04. The number of fused-ring (bicyclic) bond motifs is 1. The second-order valence-corrected chi connectivity index (χ2v) is 3.52. The zero-order valence-corrected chi connectivity index (χ0v) is 7.72. The van der Waals surface area contributed by atoms with E-state index in [1.807, 2.05) is 0 Å². The van der Waals surface area contributed by atoms with Crippen molar-refractivity contribution in [2.75, 3.05) is 0 Å². The van der Waals surface area contributed by atoms with Gasteiger partial charge in [-0.15, -0.1) is 0 Å². The monoisotopic (exact) mass is 158 g/mol. The van der Waals surface area contributed by atoms with Crippen LogP contribution in [0.4, 0.5) is 0 Å². The van der Waals surface area contributed by atoms with Gasteiger partial charge in [-0.2, -0.15) is 0 Å². The first-order valence-corrected chi connectivity index (χ1v) is 4.52. The second kappa shape index (κ2) is 2.78. The molecule has 0 bridgehead atoms. The molecule has 62 valence electrons. The number of hydrogen-bond donors (Lipinski definition) is 0. The van der Waals surface area contributed by atoms with Gasteiger partial charge in [0.1, 0.15) is 0 Å². The molecule has 0 heteroatoms. The Morgan fingerprint density at radius 3 is 2.58 bits per heavy atom. The average molecular weight is 158 g/mol. The molecule has 12 heavy (non-hydrogen) atoms. The van der Waals surface area contributed by atoms with E-state index in [1.165, 1.54) is 16.7 Å². The van der Waals surface area contributed by atoms with E-state index in [1.54, 1.807) is 5.56 Å². The van der Waals surface area contributed by atoms with Gasteiger partial charge >= 0.3 is 0 Å². The van der Waals surface area contributed by atoms with Crippen molar-refractivity contribution >= 4 is 0 Å². The summed E-state index contributed by atoms with van der Waals surface area (Å²) in [5, 5.41) is 0. The van der Waals surface area contributed by atoms with Gasteiger partial charge in [-0.1, -0.05) is 24.3 Å². The molecular formula is C12H14. The highest BCUT2D eigenvalue weighted by Crippen LogP contribution is 2.22. The van der Waals surface area contributed by atoms with Gasteiger partial charge in [0.05, 0.1) is 0 Å². The minimum atomic E-state index is 1.12. The van der Waals surface area contributed by atoms with Gasteiger partial charge in [-0.25, -0.2) is 0 Å². The molecule has 0 nitrogen and oxygen atoms in total. The molecule has 2 rings (SSSR count). The normalized spacial score (nSPS) is 14.5. The van der Waals surface area contributed by atoms with E-state index >= 15 is 0 Å². The van der Waals surface area contributed by atoms with Crippen LogP contribution in [0.25, 0.3) is 0 Å². The third-order valence-electron chi connectivity index (χ3n) is 2.79. The molecule has 1 aliphatic carbocycles. The van der Waals surface area contributed by atoms with Crippen LogP contribution < -0.4 is 0 Å². The highest BCUT2D eigenvalue weighted by atomic mass is 14.1. The van der Waals surface area contributed by atoms with Crippen LogP contribution in [0.3, 0.4) is 0 Å². The Labute approximate surface area is 73.9 Å². The SMILES string of the molecule is Cc1ccc2c(c1C)CC=CC2. The van der Waals surface area contributed by atoms with Crippen LogP contribution in [0.15, 0.2) is 24.3 Å². The van der Waals surface area contributed by atoms with Crippen LogP contribution >= 0.6 is 0 Å². The molecule has 0 atom stereocenters. The smallest absolute Gasteiger partial charge is 0.00918 e. The lowest BCUT2D eigenvalue weighted by Crippen LogP contribution is -2.01. The predicted octanol–water partition coefficient (Wildman–Crippen LogP) is 2.96. The maximum atomic E-state index is 2.27. The Bertz CT molecular complexity index is 332. The molecule has 0 saturated heterocycles. The lowest BCUT2D eigenvalue weighted by molar-refractivity contribution is 1.05. The van der Waals surface area contributed by atoms with E-state index in [2.05, 4.69) is 38.1 Å². The summed E-state index contributed by atoms with van der Waals surface area (Å²) in [5.74, 6) is 0. The molecule has 0 N–H and O–H groups in total. The lowest BCUT2D eigenvalue weighted by Gasteiger charge is -2.15. The fourth-order valence-electron chi connectivity index (χ4n) is 1.82. The molecule has 0 aromatic heterocycles. The average Bonchev–Trinajstić information content (AvgIpc) is 2.12. The van der Waals surface area contributed by atoms with E-state index in [0.29, 0.717) is 0 Å². The van der Waals surface area contributed by atoms with Crippen LogP contribution in [-0.2, 0) is 12.8 Å². The Morgan fingerprint density at radius 1 is 1.00 bits per heavy atom. The fraction of sp³-hybridized carbons (Fsp3) is 0.333. The molecule has 1 aliphatic rings. The highest BCUT2D eigenvalue weighted by molar-refractivity contribution is 5.43. The van der Waals surface area contributed by atoms with Crippen molar-refractivity contribution in [2.45, 2.75) is 26.7 Å². The molecule has 0 spiro atoms. The second-order valence-electron chi connectivity index (χ2n) is 3.52. The third kappa shape index (κ3) is 1.08. The third-order valence-corrected chi connectivity index (χ3v) is 2.79. The molecule has 0 heterocycles. The van der Waals surface area contributed by atoms with Crippen molar-refractivity contribution < 1.29 is 0 Å². The van der Waals surface area contributed by atoms with Crippen molar-refractivity contribution in [3.63, 3.8) is 0 Å². The largest absolute Gasteiger partial charge is 0.0838 e. The van der Waals surface area contributed by atoms with E-state index in [0.717, 1.165) is 12.8 Å². The first kappa shape index (κ1) is 7.60. The van der Waals surface area contributed by atoms with E-state index in [-0.39, 0.29) is 0 Å². The van der Waals surface area contributed by atoms with Crippen molar-refractivity contribution in [2.24, 2.45) is 0 Å². The summed E-state index contributed by atoms with van der Waals surface area (Å²) < 4.78 is 0. The summed E-state index contributed by atoms with van der Waals surface area (Å²) in [6.07, 6.45) is 6.78. The van der Waals surface area contributed by atoms with E-state index in [9.17, 15) is 0 Å². The number of allylic oxidation sites excluding steroid dienone is 2. The molecule has 0 unspecified atom stereocenters. The summed E-state index contributed by atoms with van der Waals surface area (Å²) in [7, 11) is 0. The minimum absolute atomic E-state index is 1.12. The summed E-state index contributed by atoms with van der Waals surface area (Å²) in [4.78, 5) is 0. The topological polar surface area (TPSA) is 0 Å². The summed E-state index contributed by atoms with van der Waals surface area (Å²) in [6, 6.07) is 4.49. The summed E-state index contributed by atoms with van der Waals surface area (Å²) in [6.45, 7) is 4.42. The van der Waals surface area contributed by atoms with Gasteiger partial charge in [0, 0.05) is 0 Å². The van der Waals surface area contributed by atoms with Crippen molar-refractivity contribution in [3.05, 3.63) is 46.5 Å². The Kier molecular flexibility index (Phi) is 1.76. The molecule has 0 saturated carbocycles. The Morgan fingerprint density at radius 2 is 1.75 bits per heavy atom. The standard InChI is InChI=1S/C12H14/c1-9-7-8-11-5-3-4-6-12(11)10(9)2/h3-4,7-8H,5-6H2,1-2H3. The number of hydrogen-bond acceptors (Lipinski definition) is 0. The van der Waals surface area contributed by atoms with Crippen LogP contribution in [0.2, 0.25) is 0 Å². The summed E-state index contributed by atoms with van der Waals surface area (Å²) >= 11 is 0. The molecule has 0 amide bonds. The van der Waals surface area contributed by atoms with Crippen LogP contribution in [0.1, 0.15) is 22.3 Å². The zero-order chi connectivity index (χ0) is 8.55. The molecule has 0 aliphatic heterocycles. The van der Waals surface area contributed by atoms with Gasteiger partial charge in [0.25, 0.3) is 0 Å². The maximum Gasteiger partial charge on any atom is -0.00918 e. The van der Waals surface area contributed by atoms with Gasteiger partial charge in [0.15, 0.2) is 0 Å². The van der Waals surface area contributed by atoms with Gasteiger partial charge in [-0.3, -0.25) is 0 Å². The van der Waals surface area contributed by atoms with Crippen molar-refractivity contribution in [1.29, 1.82) is 0 Å². The quantitative estimate of drug-likeness (QED) is 0.509. The lowest BCUT2D eigenvalue weighted by atomic mass is 9.90. The van der Waals surface area contributed by atoms with Crippen molar-refractivity contribution in [3.8, 4) is 0 Å². The number of rotatable bonds is 0. The first-order chi connectivity index (χ1) is 5.79. The van der Waals surface area contributed by atoms with Gasteiger partial charge < -0.3 is 0 Å². The van der Waals surface area contributed by atoms with Gasteiger partial charge in [0.2, 0.25) is 0 Å². The predicted molar refractivity (Wildman–Crippen MR) is 52.5 cm³/mol. The summed E-state index contributed by atoms with van der Waals surface area (Å²) in [5.41, 5.74) is 5.97. The van der Waals surface area contributed by atoms with Crippen molar-refractivity contribution in [1.82, 2.24) is 0 Å². The maximum absolute atomic E-state index is 2.27. The van der Waals surface area contributed by atoms with Crippen LogP contribution in [0.5, 0.6) is 0 Å². The molecular weight excluding hydrogens is 144 g/mol. The molecule has 1 aromatic carbocycles. The first-order valence-electron chi connectivity index (χ1n) is 4.52. The fourth-order valence-corrected chi connectivity index (χ4v) is 1.82. The Balaban J connectivity index is 2.58.